The zero-order valence-electron chi connectivity index (χ0n) is 12.3. The molecule has 0 aliphatic carbocycles. The summed E-state index contributed by atoms with van der Waals surface area (Å²) >= 11 is 3.28. The first-order valence-corrected chi connectivity index (χ1v) is 4.43. The number of nitrogens with one attached hydrogen (secondary N) is 1. The van der Waals surface area contributed by atoms with Gasteiger partial charge in [-0.25, -0.2) is 0 Å². The van der Waals surface area contributed by atoms with E-state index < -0.39 is 19.1 Å². The highest BCUT2D eigenvalue weighted by Gasteiger charge is 2.29. The number of fused-ring (bicyclic) bond motifs is 1. The quantitative estimate of drug-likeness (QED) is 0.724. The van der Waals surface area contributed by atoms with Crippen molar-refractivity contribution in [1.29, 1.82) is 0 Å². The molecule has 0 spiro atoms. The molecule has 1 nitrogen and oxygen atoms in total. The fraction of sp³-hybridized carbons (Fsp3) is 0.400. The van der Waals surface area contributed by atoms with E-state index in [-0.39, 0.29) is 6.54 Å². The second kappa shape index (κ2) is 2.49. The van der Waals surface area contributed by atoms with Gasteiger partial charge in [0.05, 0.1) is 0 Å². The molecule has 2 rings (SSSR count). The summed E-state index contributed by atoms with van der Waals surface area (Å²) in [6.45, 7) is -5.29. The Morgan fingerprint density at radius 2 is 2.42 bits per heavy atom. The summed E-state index contributed by atoms with van der Waals surface area (Å²) in [6.07, 6.45) is 0. The molecule has 1 aromatic rings. The van der Waals surface area contributed by atoms with Crippen molar-refractivity contribution in [2.45, 2.75) is 19.1 Å². The van der Waals surface area contributed by atoms with Crippen LogP contribution in [0.25, 0.3) is 0 Å². The summed E-state index contributed by atoms with van der Waals surface area (Å²) in [4.78, 5) is 0. The highest BCUT2D eigenvalue weighted by molar-refractivity contribution is 9.10. The SMILES string of the molecule is [2H]C([2H])([2H])C1(C([2H])([2H])[2H])CNc2cc(Br)ccc21. The molecule has 0 saturated heterocycles. The Morgan fingerprint density at radius 3 is 3.17 bits per heavy atom. The Balaban J connectivity index is 2.69. The number of halogens is 1. The van der Waals surface area contributed by atoms with Gasteiger partial charge in [0.1, 0.15) is 0 Å². The van der Waals surface area contributed by atoms with Crippen LogP contribution in [0.15, 0.2) is 22.7 Å². The van der Waals surface area contributed by atoms with Gasteiger partial charge in [0.25, 0.3) is 0 Å². The second-order valence-corrected chi connectivity index (χ2v) is 3.86. The van der Waals surface area contributed by atoms with Crippen molar-refractivity contribution in [2.75, 3.05) is 11.9 Å². The number of hydrogen-bond donors (Lipinski definition) is 1. The predicted octanol–water partition coefficient (Wildman–Crippen LogP) is 3.15. The van der Waals surface area contributed by atoms with E-state index in [2.05, 4.69) is 21.2 Å². The van der Waals surface area contributed by atoms with E-state index in [1.807, 2.05) is 0 Å². The van der Waals surface area contributed by atoms with Gasteiger partial charge >= 0.3 is 0 Å². The van der Waals surface area contributed by atoms with Gasteiger partial charge in [0.15, 0.2) is 0 Å². The molecule has 0 saturated carbocycles. The molecule has 0 unspecified atom stereocenters. The van der Waals surface area contributed by atoms with Crippen LogP contribution in [0.1, 0.15) is 27.5 Å². The van der Waals surface area contributed by atoms with Crippen molar-refractivity contribution in [3.8, 4) is 0 Å². The van der Waals surface area contributed by atoms with E-state index in [0.717, 1.165) is 4.47 Å². The van der Waals surface area contributed by atoms with Gasteiger partial charge in [-0.3, -0.25) is 0 Å². The fourth-order valence-corrected chi connectivity index (χ4v) is 1.72. The standard InChI is InChI=1S/C10H12BrN/c1-10(2)6-12-9-5-7(11)3-4-8(9)10/h3-5,12H,6H2,1-2H3/i1D3,2D3. The number of anilines is 1. The molecular formula is C10H12BrN. The Kier molecular flexibility index (Phi) is 0.769. The zero-order valence-corrected chi connectivity index (χ0v) is 7.90. The topological polar surface area (TPSA) is 12.0 Å². The predicted molar refractivity (Wildman–Crippen MR) is 55.7 cm³/mol. The van der Waals surface area contributed by atoms with Gasteiger partial charge in [0.2, 0.25) is 0 Å². The number of hydrogen-bond acceptors (Lipinski definition) is 1. The van der Waals surface area contributed by atoms with E-state index in [0.29, 0.717) is 11.3 Å². The fourth-order valence-electron chi connectivity index (χ4n) is 1.36. The monoisotopic (exact) mass is 231 g/mol. The first-order chi connectivity index (χ1) is 8.09. The van der Waals surface area contributed by atoms with Crippen LogP contribution < -0.4 is 5.32 Å². The molecule has 12 heavy (non-hydrogen) atoms. The summed E-state index contributed by atoms with van der Waals surface area (Å²) in [5.41, 5.74) is -0.932. The van der Waals surface area contributed by atoms with Gasteiger partial charge < -0.3 is 5.32 Å². The lowest BCUT2D eigenvalue weighted by Crippen LogP contribution is -2.18. The van der Waals surface area contributed by atoms with E-state index in [1.165, 1.54) is 0 Å². The first kappa shape index (κ1) is 3.70. The lowest BCUT2D eigenvalue weighted by molar-refractivity contribution is 0.586. The van der Waals surface area contributed by atoms with Crippen molar-refractivity contribution in [1.82, 2.24) is 0 Å². The van der Waals surface area contributed by atoms with Gasteiger partial charge in [-0.1, -0.05) is 35.7 Å². The average Bonchev–Trinajstić information content (AvgIpc) is 2.54. The maximum atomic E-state index is 7.64. The van der Waals surface area contributed by atoms with E-state index in [1.54, 1.807) is 18.2 Å². The van der Waals surface area contributed by atoms with E-state index >= 15 is 0 Å². The summed E-state index contributed by atoms with van der Waals surface area (Å²) in [5, 5.41) is 2.89. The lowest BCUT2D eigenvalue weighted by Gasteiger charge is -2.16. The summed E-state index contributed by atoms with van der Waals surface area (Å²) < 4.78 is 46.6. The normalized spacial score (nSPS) is 28.1. The molecule has 0 amide bonds. The molecule has 0 radical (unpaired) electrons. The molecule has 1 aromatic carbocycles. The highest BCUT2D eigenvalue weighted by Crippen LogP contribution is 2.37. The maximum Gasteiger partial charge on any atom is 0.0390 e. The van der Waals surface area contributed by atoms with Crippen LogP contribution in [0.3, 0.4) is 0 Å². The zero-order chi connectivity index (χ0) is 13.8. The average molecular weight is 232 g/mol. The summed E-state index contributed by atoms with van der Waals surface area (Å²) in [5.74, 6) is 0. The third kappa shape index (κ3) is 1.14. The number of benzene rings is 1. The molecule has 0 atom stereocenters. The molecule has 0 bridgehead atoms. The number of rotatable bonds is 0. The summed E-state index contributed by atoms with van der Waals surface area (Å²) in [7, 11) is 0. The largest absolute Gasteiger partial charge is 0.384 e. The lowest BCUT2D eigenvalue weighted by atomic mass is 9.87. The van der Waals surface area contributed by atoms with Crippen molar-refractivity contribution >= 4 is 21.6 Å². The smallest absolute Gasteiger partial charge is 0.0390 e. The van der Waals surface area contributed by atoms with Crippen molar-refractivity contribution in [3.63, 3.8) is 0 Å². The highest BCUT2D eigenvalue weighted by atomic mass is 79.9. The first-order valence-electron chi connectivity index (χ1n) is 6.63. The maximum absolute atomic E-state index is 7.64. The van der Waals surface area contributed by atoms with Gasteiger partial charge in [0, 0.05) is 30.3 Å². The molecule has 0 aromatic heterocycles. The Hall–Kier alpha value is -0.500. The molecule has 1 aliphatic rings. The van der Waals surface area contributed by atoms with E-state index in [4.69, 9.17) is 8.22 Å². The second-order valence-electron chi connectivity index (χ2n) is 2.95. The molecule has 0 fully saturated rings. The van der Waals surface area contributed by atoms with Crippen LogP contribution in [-0.4, -0.2) is 6.54 Å². The van der Waals surface area contributed by atoms with Crippen molar-refractivity contribution in [2.24, 2.45) is 0 Å². The van der Waals surface area contributed by atoms with Gasteiger partial charge in [-0.2, -0.15) is 0 Å². The molecule has 64 valence electrons. The molecule has 1 aliphatic heterocycles. The Bertz CT molecular complexity index is 464. The minimum absolute atomic E-state index is 0.105. The minimum Gasteiger partial charge on any atom is -0.384 e. The van der Waals surface area contributed by atoms with Crippen LogP contribution >= 0.6 is 15.9 Å². The van der Waals surface area contributed by atoms with Gasteiger partial charge in [-0.15, -0.1) is 0 Å². The van der Waals surface area contributed by atoms with Gasteiger partial charge in [-0.05, 0) is 17.7 Å². The van der Waals surface area contributed by atoms with E-state index in [9.17, 15) is 0 Å². The van der Waals surface area contributed by atoms with Crippen LogP contribution in [-0.2, 0) is 5.41 Å². The van der Waals surface area contributed by atoms with Crippen LogP contribution in [0.4, 0.5) is 5.69 Å². The van der Waals surface area contributed by atoms with Crippen LogP contribution in [0.2, 0.25) is 0 Å². The molecule has 1 heterocycles. The van der Waals surface area contributed by atoms with Crippen LogP contribution in [0.5, 0.6) is 0 Å². The molecule has 2 heteroatoms. The molecule has 1 N–H and O–H groups in total. The third-order valence-electron chi connectivity index (χ3n) is 1.99. The van der Waals surface area contributed by atoms with Crippen molar-refractivity contribution in [3.05, 3.63) is 28.2 Å². The Labute approximate surface area is 89.7 Å². The minimum atomic E-state index is -2.59. The summed E-state index contributed by atoms with van der Waals surface area (Å²) in [6, 6.07) is 4.94. The molecular weight excluding hydrogens is 214 g/mol. The Morgan fingerprint density at radius 1 is 1.58 bits per heavy atom. The van der Waals surface area contributed by atoms with Crippen molar-refractivity contribution < 1.29 is 8.22 Å². The third-order valence-corrected chi connectivity index (χ3v) is 2.48. The van der Waals surface area contributed by atoms with Crippen LogP contribution in [0, 0.1) is 0 Å².